The Morgan fingerprint density at radius 1 is 1.35 bits per heavy atom. The van der Waals surface area contributed by atoms with E-state index in [1.807, 2.05) is 24.1 Å². The predicted molar refractivity (Wildman–Crippen MR) is 88.4 cm³/mol. The van der Waals surface area contributed by atoms with Gasteiger partial charge in [-0.05, 0) is 25.0 Å². The molecule has 0 spiro atoms. The molecule has 1 fully saturated rings. The van der Waals surface area contributed by atoms with Gasteiger partial charge in [-0.2, -0.15) is 4.39 Å². The van der Waals surface area contributed by atoms with Gasteiger partial charge in [0.05, 0.1) is 4.91 Å². The van der Waals surface area contributed by atoms with E-state index in [2.05, 4.69) is 15.2 Å². The van der Waals surface area contributed by atoms with Crippen molar-refractivity contribution in [3.63, 3.8) is 0 Å². The minimum absolute atomic E-state index is 0.0485. The average molecular weight is 334 g/mol. The van der Waals surface area contributed by atoms with Crippen molar-refractivity contribution in [1.29, 1.82) is 0 Å². The van der Waals surface area contributed by atoms with Gasteiger partial charge < -0.3 is 15.1 Å². The van der Waals surface area contributed by atoms with E-state index < -0.39 is 5.95 Å². The van der Waals surface area contributed by atoms with Crippen molar-refractivity contribution in [2.45, 2.75) is 24.6 Å². The maximum absolute atomic E-state index is 14.6. The van der Waals surface area contributed by atoms with Gasteiger partial charge in [-0.3, -0.25) is 4.79 Å². The normalized spacial score (nSPS) is 24.3. The standard InChI is InChI=1S/C16H19FN4OS/c1-20-11-6-7-18-15(22)13(11)23-16(20)10-4-5-12(19-14(10)17)21-8-2-3-9-21/h4-5,16H,2-3,6-9H2,1H3,(H,18,22). The van der Waals surface area contributed by atoms with Crippen LogP contribution in [0.1, 0.15) is 30.2 Å². The minimum Gasteiger partial charge on any atom is -0.360 e. The van der Waals surface area contributed by atoms with Gasteiger partial charge in [0.25, 0.3) is 5.91 Å². The average Bonchev–Trinajstić information content (AvgIpc) is 3.17. The molecule has 1 aromatic rings. The van der Waals surface area contributed by atoms with Crippen LogP contribution in [0.4, 0.5) is 10.2 Å². The number of amides is 1. The molecule has 122 valence electrons. The maximum atomic E-state index is 14.6. The minimum atomic E-state index is -0.431. The number of anilines is 1. The zero-order chi connectivity index (χ0) is 16.0. The molecular formula is C16H19FN4OS. The third-order valence-electron chi connectivity index (χ3n) is 4.68. The summed E-state index contributed by atoms with van der Waals surface area (Å²) in [6, 6.07) is 3.72. The third-order valence-corrected chi connectivity index (χ3v) is 6.13. The van der Waals surface area contributed by atoms with E-state index in [-0.39, 0.29) is 11.3 Å². The SMILES string of the molecule is CN1C2=C(SC1c1ccc(N3CCCC3)nc1F)C(=O)NCC2. The van der Waals surface area contributed by atoms with Crippen molar-refractivity contribution in [3.8, 4) is 0 Å². The van der Waals surface area contributed by atoms with Crippen molar-refractivity contribution in [3.05, 3.63) is 34.2 Å². The number of nitrogens with zero attached hydrogens (tertiary/aromatic N) is 3. The molecule has 3 aliphatic rings. The highest BCUT2D eigenvalue weighted by Gasteiger charge is 2.37. The third kappa shape index (κ3) is 2.47. The fourth-order valence-electron chi connectivity index (χ4n) is 3.42. The van der Waals surface area contributed by atoms with E-state index in [4.69, 9.17) is 0 Å². The lowest BCUT2D eigenvalue weighted by molar-refractivity contribution is -0.117. The Morgan fingerprint density at radius 3 is 2.83 bits per heavy atom. The molecule has 0 aliphatic carbocycles. The summed E-state index contributed by atoms with van der Waals surface area (Å²) in [6.07, 6.45) is 3.07. The first-order valence-corrected chi connectivity index (χ1v) is 8.85. The highest BCUT2D eigenvalue weighted by molar-refractivity contribution is 8.04. The molecule has 0 bridgehead atoms. The molecule has 1 N–H and O–H groups in total. The molecule has 1 amide bonds. The van der Waals surface area contributed by atoms with Crippen molar-refractivity contribution >= 4 is 23.5 Å². The summed E-state index contributed by atoms with van der Waals surface area (Å²) in [7, 11) is 1.92. The Labute approximate surface area is 138 Å². The molecule has 23 heavy (non-hydrogen) atoms. The summed E-state index contributed by atoms with van der Waals surface area (Å²) in [5, 5.41) is 2.63. The number of hydrogen-bond donors (Lipinski definition) is 1. The van der Waals surface area contributed by atoms with Crippen LogP contribution in [0.2, 0.25) is 0 Å². The summed E-state index contributed by atoms with van der Waals surface area (Å²) < 4.78 is 14.6. The number of hydrogen-bond acceptors (Lipinski definition) is 5. The molecule has 1 aromatic heterocycles. The fraction of sp³-hybridized carbons (Fsp3) is 0.500. The second-order valence-electron chi connectivity index (χ2n) is 6.11. The zero-order valence-corrected chi connectivity index (χ0v) is 13.8. The predicted octanol–water partition coefficient (Wildman–Crippen LogP) is 2.23. The Bertz CT molecular complexity index is 687. The largest absolute Gasteiger partial charge is 0.360 e. The number of pyridine rings is 1. The van der Waals surface area contributed by atoms with Gasteiger partial charge in [0.1, 0.15) is 11.2 Å². The number of nitrogens with one attached hydrogen (secondary N) is 1. The van der Waals surface area contributed by atoms with Crippen molar-refractivity contribution in [2.24, 2.45) is 0 Å². The van der Waals surface area contributed by atoms with Gasteiger partial charge in [-0.1, -0.05) is 11.8 Å². The molecule has 0 aromatic carbocycles. The van der Waals surface area contributed by atoms with Crippen LogP contribution in [-0.4, -0.2) is 42.5 Å². The number of aromatic nitrogens is 1. The van der Waals surface area contributed by atoms with Crippen LogP contribution in [-0.2, 0) is 4.79 Å². The lowest BCUT2D eigenvalue weighted by Gasteiger charge is -2.25. The molecule has 7 heteroatoms. The molecule has 5 nitrogen and oxygen atoms in total. The summed E-state index contributed by atoms with van der Waals surface area (Å²) in [5.74, 6) is 0.233. The van der Waals surface area contributed by atoms with Gasteiger partial charge in [0.15, 0.2) is 0 Å². The number of rotatable bonds is 2. The van der Waals surface area contributed by atoms with Gasteiger partial charge in [-0.25, -0.2) is 4.98 Å². The molecule has 4 rings (SSSR count). The first kappa shape index (κ1) is 14.8. The van der Waals surface area contributed by atoms with E-state index in [0.717, 1.165) is 38.0 Å². The Balaban J connectivity index is 1.60. The van der Waals surface area contributed by atoms with E-state index in [9.17, 15) is 9.18 Å². The number of carbonyl (C=O) groups is 1. The van der Waals surface area contributed by atoms with E-state index >= 15 is 0 Å². The topological polar surface area (TPSA) is 48.5 Å². The number of thioether (sulfide) groups is 1. The summed E-state index contributed by atoms with van der Waals surface area (Å²) >= 11 is 1.42. The molecule has 1 unspecified atom stereocenters. The maximum Gasteiger partial charge on any atom is 0.259 e. The number of carbonyl (C=O) groups excluding carboxylic acids is 1. The van der Waals surface area contributed by atoms with Gasteiger partial charge in [0, 0.05) is 44.4 Å². The first-order chi connectivity index (χ1) is 11.1. The fourth-order valence-corrected chi connectivity index (χ4v) is 4.80. The monoisotopic (exact) mass is 334 g/mol. The summed E-state index contributed by atoms with van der Waals surface area (Å²) in [4.78, 5) is 21.0. The first-order valence-electron chi connectivity index (χ1n) is 7.97. The van der Waals surface area contributed by atoms with Gasteiger partial charge in [-0.15, -0.1) is 0 Å². The lowest BCUT2D eigenvalue weighted by atomic mass is 10.1. The second-order valence-corrected chi connectivity index (χ2v) is 7.20. The molecule has 1 saturated heterocycles. The Kier molecular flexibility index (Phi) is 3.67. The van der Waals surface area contributed by atoms with E-state index in [1.165, 1.54) is 11.8 Å². The molecule has 4 heterocycles. The lowest BCUT2D eigenvalue weighted by Crippen LogP contribution is -2.31. The molecule has 0 saturated carbocycles. The van der Waals surface area contributed by atoms with Crippen LogP contribution in [0.3, 0.4) is 0 Å². The molecule has 0 radical (unpaired) electrons. The van der Waals surface area contributed by atoms with Crippen LogP contribution >= 0.6 is 11.8 Å². The van der Waals surface area contributed by atoms with E-state index in [0.29, 0.717) is 22.8 Å². The van der Waals surface area contributed by atoms with Crippen molar-refractivity contribution in [1.82, 2.24) is 15.2 Å². The highest BCUT2D eigenvalue weighted by Crippen LogP contribution is 2.49. The van der Waals surface area contributed by atoms with Crippen molar-refractivity contribution < 1.29 is 9.18 Å². The van der Waals surface area contributed by atoms with Crippen LogP contribution in [0.15, 0.2) is 22.7 Å². The van der Waals surface area contributed by atoms with E-state index in [1.54, 1.807) is 0 Å². The smallest absolute Gasteiger partial charge is 0.259 e. The Hall–Kier alpha value is -1.76. The van der Waals surface area contributed by atoms with Crippen molar-refractivity contribution in [2.75, 3.05) is 31.6 Å². The molecular weight excluding hydrogens is 315 g/mol. The zero-order valence-electron chi connectivity index (χ0n) is 13.0. The molecule has 3 aliphatic heterocycles. The van der Waals surface area contributed by atoms with Crippen LogP contribution < -0.4 is 10.2 Å². The van der Waals surface area contributed by atoms with Gasteiger partial charge in [0.2, 0.25) is 5.95 Å². The summed E-state index contributed by atoms with van der Waals surface area (Å²) in [5.41, 5.74) is 1.55. The molecule has 1 atom stereocenters. The van der Waals surface area contributed by atoms with Crippen LogP contribution in [0.25, 0.3) is 0 Å². The Morgan fingerprint density at radius 2 is 2.13 bits per heavy atom. The highest BCUT2D eigenvalue weighted by atomic mass is 32.2. The van der Waals surface area contributed by atoms with Crippen LogP contribution in [0, 0.1) is 5.95 Å². The van der Waals surface area contributed by atoms with Crippen LogP contribution in [0.5, 0.6) is 0 Å². The summed E-state index contributed by atoms with van der Waals surface area (Å²) in [6.45, 7) is 2.53. The number of halogens is 1. The second kappa shape index (κ2) is 5.70. The quantitative estimate of drug-likeness (QED) is 0.841. The van der Waals surface area contributed by atoms with Gasteiger partial charge >= 0.3 is 0 Å².